The molecule has 2 aliphatic rings. The maximum absolute atomic E-state index is 13.4. The molecule has 0 heterocycles. The molecule has 0 saturated heterocycles. The van der Waals surface area contributed by atoms with Crippen LogP contribution in [-0.2, 0) is 11.2 Å². The number of aryl methyl sites for hydroxylation is 3. The molecule has 0 radical (unpaired) electrons. The Labute approximate surface area is 416 Å². The maximum Gasteiger partial charge on any atom is 0.193 e. The number of carbonyl (C=O) groups excluding carboxylic acids is 2. The number of hydrogen-bond acceptors (Lipinski definition) is 3. The van der Waals surface area contributed by atoms with Crippen LogP contribution < -0.4 is 5.73 Å². The first-order chi connectivity index (χ1) is 32.9. The molecular formula is C65H89NO2. The van der Waals surface area contributed by atoms with E-state index in [0.717, 1.165) is 45.4 Å². The van der Waals surface area contributed by atoms with Gasteiger partial charge in [-0.15, -0.1) is 13.2 Å². The van der Waals surface area contributed by atoms with Crippen LogP contribution in [0.15, 0.2) is 171 Å². The molecule has 4 aromatic carbocycles. The Kier molecular flexibility index (Phi) is 33.0. The van der Waals surface area contributed by atoms with Crippen molar-refractivity contribution in [1.29, 1.82) is 0 Å². The number of Topliss-reactive ketones (excluding diaryl/α,β-unsaturated/α-hetero) is 1. The van der Waals surface area contributed by atoms with Crippen molar-refractivity contribution in [1.82, 2.24) is 0 Å². The number of carbonyl (C=O) groups is 2. The van der Waals surface area contributed by atoms with E-state index in [9.17, 15) is 9.59 Å². The molecule has 3 atom stereocenters. The lowest BCUT2D eigenvalue weighted by Gasteiger charge is -2.25. The van der Waals surface area contributed by atoms with Crippen molar-refractivity contribution in [3.05, 3.63) is 227 Å². The number of benzene rings is 4. The number of ketones is 2. The van der Waals surface area contributed by atoms with E-state index in [2.05, 4.69) is 172 Å². The fourth-order valence-electron chi connectivity index (χ4n) is 7.50. The molecule has 0 amide bonds. The first-order valence-corrected chi connectivity index (χ1v) is 25.3. The van der Waals surface area contributed by atoms with E-state index in [1.165, 1.54) is 47.7 Å². The first-order valence-electron chi connectivity index (χ1n) is 25.3. The molecule has 0 aliphatic heterocycles. The zero-order valence-electron chi connectivity index (χ0n) is 45.0. The average Bonchev–Trinajstić information content (AvgIpc) is 3.67. The van der Waals surface area contributed by atoms with Crippen LogP contribution in [0.2, 0.25) is 0 Å². The number of nitrogens with two attached hydrogens (primary N) is 1. The minimum atomic E-state index is -0.190. The molecule has 6 rings (SSSR count). The lowest BCUT2D eigenvalue weighted by Crippen LogP contribution is -2.13. The Balaban J connectivity index is 0.00000291. The Morgan fingerprint density at radius 3 is 1.87 bits per heavy atom. The van der Waals surface area contributed by atoms with Crippen LogP contribution in [0, 0.1) is 32.6 Å². The molecule has 2 N–H and O–H groups in total. The van der Waals surface area contributed by atoms with E-state index in [1.54, 1.807) is 0 Å². The number of hydrogen-bond donors (Lipinski definition) is 1. The number of rotatable bonds is 12. The third-order valence-corrected chi connectivity index (χ3v) is 10.9. The third-order valence-electron chi connectivity index (χ3n) is 10.9. The molecule has 3 heteroatoms. The van der Waals surface area contributed by atoms with E-state index >= 15 is 0 Å². The largest absolute Gasteiger partial charge is 0.333 e. The summed E-state index contributed by atoms with van der Waals surface area (Å²) >= 11 is 0. The van der Waals surface area contributed by atoms with Gasteiger partial charge in [0.1, 0.15) is 5.78 Å². The van der Waals surface area contributed by atoms with Gasteiger partial charge >= 0.3 is 0 Å². The molecule has 68 heavy (non-hydrogen) atoms. The highest BCUT2D eigenvalue weighted by Gasteiger charge is 2.22. The highest BCUT2D eigenvalue weighted by molar-refractivity contribution is 6.10. The molecule has 2 aliphatic carbocycles. The van der Waals surface area contributed by atoms with Gasteiger partial charge in [-0.3, -0.25) is 9.59 Å². The van der Waals surface area contributed by atoms with Gasteiger partial charge < -0.3 is 5.73 Å². The van der Waals surface area contributed by atoms with Crippen LogP contribution in [0.5, 0.6) is 0 Å². The second-order valence-corrected chi connectivity index (χ2v) is 16.3. The van der Waals surface area contributed by atoms with Gasteiger partial charge in [0.25, 0.3) is 0 Å². The van der Waals surface area contributed by atoms with E-state index in [1.807, 2.05) is 101 Å². The van der Waals surface area contributed by atoms with Crippen molar-refractivity contribution in [2.75, 3.05) is 7.05 Å². The minimum absolute atomic E-state index is 0.0796. The van der Waals surface area contributed by atoms with Crippen LogP contribution in [0.4, 0.5) is 0 Å². The van der Waals surface area contributed by atoms with Gasteiger partial charge in [-0.2, -0.15) is 0 Å². The van der Waals surface area contributed by atoms with Gasteiger partial charge in [-0.25, -0.2) is 0 Å². The highest BCUT2D eigenvalue weighted by Crippen LogP contribution is 2.37. The van der Waals surface area contributed by atoms with E-state index in [0.29, 0.717) is 12.3 Å². The second-order valence-electron chi connectivity index (χ2n) is 16.3. The lowest BCUT2D eigenvalue weighted by molar-refractivity contribution is -0.119. The molecular weight excluding hydrogens is 827 g/mol. The van der Waals surface area contributed by atoms with E-state index in [4.69, 9.17) is 0 Å². The molecule has 0 bridgehead atoms. The van der Waals surface area contributed by atoms with Gasteiger partial charge in [0.05, 0.1) is 5.92 Å². The average molecular weight is 916 g/mol. The van der Waals surface area contributed by atoms with Crippen LogP contribution in [0.25, 0.3) is 11.1 Å². The smallest absolute Gasteiger partial charge is 0.193 e. The van der Waals surface area contributed by atoms with E-state index < -0.39 is 0 Å². The van der Waals surface area contributed by atoms with Crippen LogP contribution >= 0.6 is 0 Å². The molecule has 0 spiro atoms. The highest BCUT2D eigenvalue weighted by atomic mass is 16.1. The summed E-state index contributed by atoms with van der Waals surface area (Å²) in [6, 6.07) is 29.6. The van der Waals surface area contributed by atoms with Crippen molar-refractivity contribution in [3.63, 3.8) is 0 Å². The Hall–Kier alpha value is -5.90. The predicted octanol–water partition coefficient (Wildman–Crippen LogP) is 18.0. The van der Waals surface area contributed by atoms with E-state index in [-0.39, 0.29) is 29.3 Å². The van der Waals surface area contributed by atoms with Gasteiger partial charge in [0.2, 0.25) is 0 Å². The monoisotopic (exact) mass is 916 g/mol. The molecule has 0 fully saturated rings. The second kappa shape index (κ2) is 36.2. The summed E-state index contributed by atoms with van der Waals surface area (Å²) in [6.07, 6.45) is 29.4. The van der Waals surface area contributed by atoms with Gasteiger partial charge in [-0.1, -0.05) is 247 Å². The van der Waals surface area contributed by atoms with Crippen molar-refractivity contribution in [2.45, 2.75) is 134 Å². The topological polar surface area (TPSA) is 60.2 Å². The minimum Gasteiger partial charge on any atom is -0.333 e. The molecule has 0 aromatic heterocycles. The first kappa shape index (κ1) is 62.1. The fourth-order valence-corrected chi connectivity index (χ4v) is 7.50. The predicted molar refractivity (Wildman–Crippen MR) is 304 cm³/mol. The summed E-state index contributed by atoms with van der Waals surface area (Å²) in [5.41, 5.74) is 17.5. The summed E-state index contributed by atoms with van der Waals surface area (Å²) in [4.78, 5) is 26.6. The van der Waals surface area contributed by atoms with Gasteiger partial charge in [0.15, 0.2) is 5.78 Å². The summed E-state index contributed by atoms with van der Waals surface area (Å²) in [5.74, 6) is 0.811. The Morgan fingerprint density at radius 1 is 0.691 bits per heavy atom. The molecule has 4 aromatic rings. The van der Waals surface area contributed by atoms with Crippen LogP contribution in [0.3, 0.4) is 0 Å². The van der Waals surface area contributed by atoms with Crippen LogP contribution in [-0.4, -0.2) is 18.6 Å². The molecule has 366 valence electrons. The Bertz CT molecular complexity index is 2290. The van der Waals surface area contributed by atoms with Gasteiger partial charge in [0, 0.05) is 23.5 Å². The van der Waals surface area contributed by atoms with Crippen LogP contribution in [0.1, 0.15) is 168 Å². The summed E-state index contributed by atoms with van der Waals surface area (Å²) in [6.45, 7) is 35.3. The normalized spacial score (nSPS) is 15.0. The van der Waals surface area contributed by atoms with Crippen molar-refractivity contribution < 1.29 is 9.59 Å². The lowest BCUT2D eigenvalue weighted by atomic mass is 9.79. The SMILES string of the molecule is C=C.CC.CC.CC/C=C\C(=C/C(C)c1cccc(C2=CC(c3ccc(C(=O)c4ccccc4C)c(C)c3)C(C)C=C2)c1)c1ccc(CC(=O)C2C=CC=CC=C2)c(C)c1.CCC.CCC.CN. The molecule has 0 saturated carbocycles. The molecule has 3 unspecified atom stereocenters. The zero-order valence-corrected chi connectivity index (χ0v) is 45.0. The fraction of sp³-hybridized carbons (Fsp3) is 0.354. The summed E-state index contributed by atoms with van der Waals surface area (Å²) < 4.78 is 0. The Morgan fingerprint density at radius 2 is 1.29 bits per heavy atom. The maximum atomic E-state index is 13.4. The van der Waals surface area contributed by atoms with Gasteiger partial charge in [-0.05, 0) is 102 Å². The summed E-state index contributed by atoms with van der Waals surface area (Å²) in [5, 5.41) is 0. The standard InChI is InChI=1S/C52H52O2.2C3H8.2C2H6.C2H4.CH5N/c1-7-8-17-43(45-26-25-42(38(5)30-45)34-51(53)40-18-11-9-10-12-19-40)29-37(4)41-20-15-21-44(32-41)46-24-23-36(3)50(33-46)47-27-28-49(39(6)31-47)52(54)48-22-14-13-16-35(48)2;2*1-3-2;4*1-2/h8-33,36-37,40,50H,7,34H2,1-6H3;2*3H2,1-2H3;2*1-2H3;1-2H2;2H2,1H3/b17-8-,43-29+;;;;;;. The quantitative estimate of drug-likeness (QED) is 0.0875. The number of allylic oxidation sites excluding steroid dienone is 14. The zero-order chi connectivity index (χ0) is 51.6. The molecule has 3 nitrogen and oxygen atoms in total. The van der Waals surface area contributed by atoms with Crippen molar-refractivity contribution >= 4 is 22.7 Å². The van der Waals surface area contributed by atoms with Crippen molar-refractivity contribution in [3.8, 4) is 0 Å². The third kappa shape index (κ3) is 19.7. The van der Waals surface area contributed by atoms with Crippen molar-refractivity contribution in [2.24, 2.45) is 17.6 Å². The summed E-state index contributed by atoms with van der Waals surface area (Å²) in [7, 11) is 1.50.